The minimum Gasteiger partial charge on any atom is -0.408 e. The third-order valence-corrected chi connectivity index (χ3v) is 4.57. The lowest BCUT2D eigenvalue weighted by molar-refractivity contribution is 0.528. The van der Waals surface area contributed by atoms with E-state index in [9.17, 15) is 4.79 Å². The summed E-state index contributed by atoms with van der Waals surface area (Å²) in [5, 5.41) is 4.28. The van der Waals surface area contributed by atoms with E-state index in [4.69, 9.17) is 4.42 Å². The largest absolute Gasteiger partial charge is 0.419 e. The highest BCUT2D eigenvalue weighted by molar-refractivity contribution is 5.76. The van der Waals surface area contributed by atoms with Crippen molar-refractivity contribution in [2.75, 3.05) is 0 Å². The van der Waals surface area contributed by atoms with Crippen LogP contribution in [0.25, 0.3) is 33.9 Å². The molecule has 7 heteroatoms. The topological polar surface area (TPSA) is 70.8 Å². The first-order valence-electron chi connectivity index (χ1n) is 8.44. The number of oxazole rings is 1. The Morgan fingerprint density at radius 1 is 0.963 bits per heavy atom. The summed E-state index contributed by atoms with van der Waals surface area (Å²) >= 11 is 0. The SMILES string of the molecule is Cn1c(=O)oc2cc(-n3ccnc3-c3cccc(-n4cccn4)c3)ccc21. The van der Waals surface area contributed by atoms with Crippen LogP contribution in [0.5, 0.6) is 0 Å². The molecule has 0 unspecified atom stereocenters. The summed E-state index contributed by atoms with van der Waals surface area (Å²) in [4.78, 5) is 16.3. The zero-order chi connectivity index (χ0) is 18.4. The number of aromatic nitrogens is 5. The van der Waals surface area contributed by atoms with Crippen LogP contribution in [0.1, 0.15) is 0 Å². The quantitative estimate of drug-likeness (QED) is 0.497. The molecule has 0 aliphatic carbocycles. The monoisotopic (exact) mass is 357 g/mol. The predicted octanol–water partition coefficient (Wildman–Crippen LogP) is 3.17. The molecular weight excluding hydrogens is 342 g/mol. The average Bonchev–Trinajstić information content (AvgIpc) is 3.43. The van der Waals surface area contributed by atoms with Gasteiger partial charge in [0.2, 0.25) is 0 Å². The summed E-state index contributed by atoms with van der Waals surface area (Å²) < 4.78 is 10.6. The highest BCUT2D eigenvalue weighted by atomic mass is 16.4. The molecule has 27 heavy (non-hydrogen) atoms. The Morgan fingerprint density at radius 2 is 1.89 bits per heavy atom. The van der Waals surface area contributed by atoms with Gasteiger partial charge in [0, 0.05) is 43.5 Å². The van der Waals surface area contributed by atoms with Crippen LogP contribution >= 0.6 is 0 Å². The number of rotatable bonds is 3. The van der Waals surface area contributed by atoms with Gasteiger partial charge in [-0.15, -0.1) is 0 Å². The van der Waals surface area contributed by atoms with Gasteiger partial charge in [-0.3, -0.25) is 9.13 Å². The van der Waals surface area contributed by atoms with Gasteiger partial charge in [-0.2, -0.15) is 5.10 Å². The lowest BCUT2D eigenvalue weighted by Gasteiger charge is -2.09. The van der Waals surface area contributed by atoms with Crippen LogP contribution in [0.15, 0.2) is 82.5 Å². The summed E-state index contributed by atoms with van der Waals surface area (Å²) in [6.45, 7) is 0. The van der Waals surface area contributed by atoms with Gasteiger partial charge in [0.15, 0.2) is 5.58 Å². The van der Waals surface area contributed by atoms with E-state index in [0.29, 0.717) is 5.58 Å². The highest BCUT2D eigenvalue weighted by Gasteiger charge is 2.12. The van der Waals surface area contributed by atoms with Crippen molar-refractivity contribution in [2.45, 2.75) is 0 Å². The number of aryl methyl sites for hydroxylation is 1. The first-order valence-corrected chi connectivity index (χ1v) is 8.44. The molecule has 3 heterocycles. The van der Waals surface area contributed by atoms with Crippen LogP contribution < -0.4 is 5.76 Å². The van der Waals surface area contributed by atoms with Gasteiger partial charge in [0.1, 0.15) is 5.82 Å². The van der Waals surface area contributed by atoms with Crippen molar-refractivity contribution >= 4 is 11.1 Å². The Hall–Kier alpha value is -3.87. The van der Waals surface area contributed by atoms with Gasteiger partial charge in [-0.05, 0) is 30.3 Å². The minimum atomic E-state index is -0.375. The Morgan fingerprint density at radius 3 is 2.74 bits per heavy atom. The van der Waals surface area contributed by atoms with Crippen molar-refractivity contribution in [2.24, 2.45) is 7.05 Å². The van der Waals surface area contributed by atoms with E-state index in [2.05, 4.69) is 10.1 Å². The van der Waals surface area contributed by atoms with Gasteiger partial charge < -0.3 is 4.42 Å². The molecule has 0 aliphatic heterocycles. The van der Waals surface area contributed by atoms with Gasteiger partial charge in [-0.1, -0.05) is 12.1 Å². The van der Waals surface area contributed by atoms with Crippen molar-refractivity contribution in [1.29, 1.82) is 0 Å². The van der Waals surface area contributed by atoms with Crippen LogP contribution in [0.2, 0.25) is 0 Å². The maximum absolute atomic E-state index is 11.7. The van der Waals surface area contributed by atoms with Crippen molar-refractivity contribution in [3.8, 4) is 22.8 Å². The summed E-state index contributed by atoms with van der Waals surface area (Å²) in [5.41, 5.74) is 4.09. The molecule has 7 nitrogen and oxygen atoms in total. The summed E-state index contributed by atoms with van der Waals surface area (Å²) in [6, 6.07) is 15.6. The molecule has 0 atom stereocenters. The lowest BCUT2D eigenvalue weighted by atomic mass is 10.2. The molecule has 0 saturated heterocycles. The molecule has 132 valence electrons. The summed E-state index contributed by atoms with van der Waals surface area (Å²) in [5.74, 6) is 0.418. The number of hydrogen-bond acceptors (Lipinski definition) is 4. The molecule has 0 aliphatic rings. The number of imidazole rings is 1. The molecule has 0 radical (unpaired) electrons. The van der Waals surface area contributed by atoms with Gasteiger partial charge >= 0.3 is 5.76 Å². The molecule has 0 spiro atoms. The first-order chi connectivity index (χ1) is 13.2. The van der Waals surface area contributed by atoms with Crippen molar-refractivity contribution < 1.29 is 4.42 Å². The van der Waals surface area contributed by atoms with Gasteiger partial charge in [0.05, 0.1) is 16.9 Å². The van der Waals surface area contributed by atoms with E-state index in [1.54, 1.807) is 19.4 Å². The number of fused-ring (bicyclic) bond motifs is 1. The molecule has 0 saturated carbocycles. The van der Waals surface area contributed by atoms with Crippen LogP contribution in [0, 0.1) is 0 Å². The fourth-order valence-corrected chi connectivity index (χ4v) is 3.21. The second kappa shape index (κ2) is 5.84. The zero-order valence-electron chi connectivity index (χ0n) is 14.5. The molecule has 0 amide bonds. The van der Waals surface area contributed by atoms with E-state index in [1.807, 2.05) is 70.2 Å². The van der Waals surface area contributed by atoms with Crippen LogP contribution in [0.4, 0.5) is 0 Å². The maximum atomic E-state index is 11.7. The second-order valence-electron chi connectivity index (χ2n) is 6.20. The van der Waals surface area contributed by atoms with Crippen LogP contribution in [-0.2, 0) is 7.05 Å². The van der Waals surface area contributed by atoms with E-state index < -0.39 is 0 Å². The van der Waals surface area contributed by atoms with Gasteiger partial charge in [-0.25, -0.2) is 14.5 Å². The summed E-state index contributed by atoms with van der Waals surface area (Å²) in [7, 11) is 1.69. The molecule has 0 fully saturated rings. The molecule has 0 N–H and O–H groups in total. The second-order valence-corrected chi connectivity index (χ2v) is 6.20. The number of benzene rings is 2. The average molecular weight is 357 g/mol. The zero-order valence-corrected chi connectivity index (χ0v) is 14.5. The normalized spacial score (nSPS) is 11.3. The van der Waals surface area contributed by atoms with Crippen molar-refractivity contribution in [3.63, 3.8) is 0 Å². The smallest absolute Gasteiger partial charge is 0.408 e. The number of hydrogen-bond donors (Lipinski definition) is 0. The fourth-order valence-electron chi connectivity index (χ4n) is 3.21. The van der Waals surface area contributed by atoms with E-state index in [0.717, 1.165) is 28.3 Å². The highest BCUT2D eigenvalue weighted by Crippen LogP contribution is 2.25. The Kier molecular flexibility index (Phi) is 3.33. The van der Waals surface area contributed by atoms with E-state index >= 15 is 0 Å². The predicted molar refractivity (Wildman–Crippen MR) is 101 cm³/mol. The lowest BCUT2D eigenvalue weighted by Crippen LogP contribution is -2.08. The molecule has 2 aromatic carbocycles. The first kappa shape index (κ1) is 15.4. The Balaban J connectivity index is 1.63. The summed E-state index contributed by atoms with van der Waals surface area (Å²) in [6.07, 6.45) is 7.28. The van der Waals surface area contributed by atoms with E-state index in [1.165, 1.54) is 4.57 Å². The fraction of sp³-hybridized carbons (Fsp3) is 0.0500. The molecule has 5 aromatic rings. The molecule has 0 bridgehead atoms. The third kappa shape index (κ3) is 2.48. The van der Waals surface area contributed by atoms with Crippen molar-refractivity contribution in [1.82, 2.24) is 23.9 Å². The minimum absolute atomic E-state index is 0.375. The number of nitrogens with zero attached hydrogens (tertiary/aromatic N) is 5. The van der Waals surface area contributed by atoms with Crippen molar-refractivity contribution in [3.05, 3.63) is 83.9 Å². The third-order valence-electron chi connectivity index (χ3n) is 4.57. The Labute approximate surface area is 153 Å². The Bertz CT molecular complexity index is 1310. The van der Waals surface area contributed by atoms with E-state index in [-0.39, 0.29) is 5.76 Å². The van der Waals surface area contributed by atoms with Crippen LogP contribution in [0.3, 0.4) is 0 Å². The maximum Gasteiger partial charge on any atom is 0.419 e. The van der Waals surface area contributed by atoms with Gasteiger partial charge in [0.25, 0.3) is 0 Å². The molecule has 3 aromatic heterocycles. The standard InChI is InChI=1S/C20H15N5O2/c1-23-17-7-6-15(13-18(17)27-20(23)26)24-11-9-21-19(24)14-4-2-5-16(12-14)25-10-3-8-22-25/h2-13H,1H3. The molecular formula is C20H15N5O2. The van der Waals surface area contributed by atoms with Crippen LogP contribution in [-0.4, -0.2) is 23.9 Å². The molecule has 5 rings (SSSR count).